The number of amides is 1. The summed E-state index contributed by atoms with van der Waals surface area (Å²) in [6.07, 6.45) is 0.952. The predicted molar refractivity (Wildman–Crippen MR) is 115 cm³/mol. The molecule has 156 valence electrons. The SMILES string of the molecule is CS(=O)(=O)N(CC(=O)Nc1ccc(Oc2ccccc2)cc1)c1ccc(F)c(Cl)c1. The zero-order chi connectivity index (χ0) is 21.7. The molecule has 6 nitrogen and oxygen atoms in total. The number of halogens is 2. The van der Waals surface area contributed by atoms with Gasteiger partial charge in [0.05, 0.1) is 17.0 Å². The van der Waals surface area contributed by atoms with Crippen molar-refractivity contribution in [1.82, 2.24) is 0 Å². The Balaban J connectivity index is 1.68. The molecule has 0 aliphatic heterocycles. The van der Waals surface area contributed by atoms with E-state index in [1.807, 2.05) is 30.3 Å². The Morgan fingerprint density at radius 3 is 2.27 bits per heavy atom. The molecule has 0 heterocycles. The fourth-order valence-corrected chi connectivity index (χ4v) is 3.63. The fraction of sp³-hybridized carbons (Fsp3) is 0.0952. The molecule has 0 bridgehead atoms. The highest BCUT2D eigenvalue weighted by Gasteiger charge is 2.22. The molecule has 0 aliphatic rings. The third-order valence-electron chi connectivity index (χ3n) is 4.00. The molecule has 3 aromatic rings. The van der Waals surface area contributed by atoms with Crippen molar-refractivity contribution in [2.24, 2.45) is 0 Å². The summed E-state index contributed by atoms with van der Waals surface area (Å²) >= 11 is 5.74. The molecule has 0 spiro atoms. The number of carbonyl (C=O) groups excluding carboxylic acids is 1. The van der Waals surface area contributed by atoms with Crippen molar-refractivity contribution in [3.8, 4) is 11.5 Å². The van der Waals surface area contributed by atoms with Gasteiger partial charge in [-0.2, -0.15) is 0 Å². The van der Waals surface area contributed by atoms with Gasteiger partial charge in [0.2, 0.25) is 15.9 Å². The summed E-state index contributed by atoms with van der Waals surface area (Å²) in [5.74, 6) is 0.00249. The molecular weight excluding hydrogens is 431 g/mol. The highest BCUT2D eigenvalue weighted by molar-refractivity contribution is 7.92. The topological polar surface area (TPSA) is 75.7 Å². The summed E-state index contributed by atoms with van der Waals surface area (Å²) in [6.45, 7) is -0.497. The van der Waals surface area contributed by atoms with Crippen LogP contribution in [0.5, 0.6) is 11.5 Å². The van der Waals surface area contributed by atoms with Crippen LogP contribution in [0.3, 0.4) is 0 Å². The molecule has 0 aromatic heterocycles. The second kappa shape index (κ2) is 9.15. The van der Waals surface area contributed by atoms with Gasteiger partial charge in [-0.15, -0.1) is 0 Å². The van der Waals surface area contributed by atoms with Gasteiger partial charge in [-0.05, 0) is 54.6 Å². The van der Waals surface area contributed by atoms with E-state index in [1.165, 1.54) is 6.07 Å². The second-order valence-electron chi connectivity index (χ2n) is 6.36. The number of ether oxygens (including phenoxy) is 1. The molecule has 1 N–H and O–H groups in total. The minimum atomic E-state index is -3.80. The van der Waals surface area contributed by atoms with Gasteiger partial charge < -0.3 is 10.1 Å². The molecule has 0 fully saturated rings. The summed E-state index contributed by atoms with van der Waals surface area (Å²) in [7, 11) is -3.80. The van der Waals surface area contributed by atoms with E-state index in [9.17, 15) is 17.6 Å². The lowest BCUT2D eigenvalue weighted by Crippen LogP contribution is -2.37. The first-order valence-corrected chi connectivity index (χ1v) is 11.0. The van der Waals surface area contributed by atoms with Crippen LogP contribution in [0.15, 0.2) is 72.8 Å². The van der Waals surface area contributed by atoms with E-state index >= 15 is 0 Å². The van der Waals surface area contributed by atoms with Gasteiger partial charge in [-0.25, -0.2) is 12.8 Å². The van der Waals surface area contributed by atoms with Crippen LogP contribution >= 0.6 is 11.6 Å². The normalized spacial score (nSPS) is 11.0. The number of hydrogen-bond acceptors (Lipinski definition) is 4. The summed E-state index contributed by atoms with van der Waals surface area (Å²) in [6, 6.07) is 19.3. The number of carbonyl (C=O) groups is 1. The average Bonchev–Trinajstić information content (AvgIpc) is 2.70. The van der Waals surface area contributed by atoms with Crippen molar-refractivity contribution in [3.05, 3.63) is 83.6 Å². The van der Waals surface area contributed by atoms with E-state index in [0.29, 0.717) is 17.2 Å². The van der Waals surface area contributed by atoms with Crippen LogP contribution in [0.4, 0.5) is 15.8 Å². The summed E-state index contributed by atoms with van der Waals surface area (Å²) < 4.78 is 44.2. The number of nitrogens with one attached hydrogen (secondary N) is 1. The zero-order valence-electron chi connectivity index (χ0n) is 15.9. The maximum Gasteiger partial charge on any atom is 0.245 e. The fourth-order valence-electron chi connectivity index (χ4n) is 2.60. The molecule has 0 unspecified atom stereocenters. The van der Waals surface area contributed by atoms with Crippen LogP contribution in [0.25, 0.3) is 0 Å². The Hall–Kier alpha value is -3.10. The molecular formula is C21H18ClFN2O4S. The van der Waals surface area contributed by atoms with E-state index in [-0.39, 0.29) is 10.7 Å². The maximum absolute atomic E-state index is 13.4. The lowest BCUT2D eigenvalue weighted by atomic mass is 10.3. The first kappa shape index (κ1) is 21.6. The Labute approximate surface area is 178 Å². The summed E-state index contributed by atoms with van der Waals surface area (Å²) in [4.78, 5) is 12.4. The highest BCUT2D eigenvalue weighted by atomic mass is 35.5. The molecule has 3 aromatic carbocycles. The molecule has 0 aliphatic carbocycles. The minimum Gasteiger partial charge on any atom is -0.457 e. The predicted octanol–water partition coefficient (Wildman–Crippen LogP) is 4.68. The molecule has 0 saturated carbocycles. The third kappa shape index (κ3) is 5.71. The van der Waals surface area contributed by atoms with E-state index < -0.39 is 28.3 Å². The number of nitrogens with zero attached hydrogens (tertiary/aromatic N) is 1. The molecule has 30 heavy (non-hydrogen) atoms. The van der Waals surface area contributed by atoms with Crippen molar-refractivity contribution in [2.45, 2.75) is 0 Å². The first-order chi connectivity index (χ1) is 14.2. The molecule has 9 heteroatoms. The molecule has 0 atom stereocenters. The molecule has 0 radical (unpaired) electrons. The van der Waals surface area contributed by atoms with Gasteiger partial charge in [0.1, 0.15) is 23.9 Å². The van der Waals surface area contributed by atoms with E-state index in [0.717, 1.165) is 22.7 Å². The van der Waals surface area contributed by atoms with Crippen molar-refractivity contribution in [3.63, 3.8) is 0 Å². The van der Waals surface area contributed by atoms with Crippen molar-refractivity contribution in [1.29, 1.82) is 0 Å². The van der Waals surface area contributed by atoms with Gasteiger partial charge in [-0.3, -0.25) is 9.10 Å². The van der Waals surface area contributed by atoms with Crippen LogP contribution < -0.4 is 14.4 Å². The molecule has 0 saturated heterocycles. The highest BCUT2D eigenvalue weighted by Crippen LogP contribution is 2.25. The largest absolute Gasteiger partial charge is 0.457 e. The van der Waals surface area contributed by atoms with Crippen LogP contribution in [0.1, 0.15) is 0 Å². The number of sulfonamides is 1. The Kier molecular flexibility index (Phi) is 6.59. The van der Waals surface area contributed by atoms with Gasteiger partial charge >= 0.3 is 0 Å². The van der Waals surface area contributed by atoms with Crippen molar-refractivity contribution in [2.75, 3.05) is 22.4 Å². The minimum absolute atomic E-state index is 0.0886. The number of rotatable bonds is 7. The van der Waals surface area contributed by atoms with E-state index in [2.05, 4.69) is 5.32 Å². The van der Waals surface area contributed by atoms with Crippen LogP contribution in [0, 0.1) is 5.82 Å². The lowest BCUT2D eigenvalue weighted by molar-refractivity contribution is -0.114. The maximum atomic E-state index is 13.4. The number of hydrogen-bond donors (Lipinski definition) is 1. The lowest BCUT2D eigenvalue weighted by Gasteiger charge is -2.22. The van der Waals surface area contributed by atoms with E-state index in [4.69, 9.17) is 16.3 Å². The monoisotopic (exact) mass is 448 g/mol. The van der Waals surface area contributed by atoms with Gasteiger partial charge in [0.15, 0.2) is 0 Å². The summed E-state index contributed by atoms with van der Waals surface area (Å²) in [5, 5.41) is 2.38. The Bertz CT molecular complexity index is 1140. The summed E-state index contributed by atoms with van der Waals surface area (Å²) in [5.41, 5.74) is 0.552. The van der Waals surface area contributed by atoms with Crippen LogP contribution in [-0.2, 0) is 14.8 Å². The average molecular weight is 449 g/mol. The van der Waals surface area contributed by atoms with Crippen molar-refractivity contribution >= 4 is 38.9 Å². The quantitative estimate of drug-likeness (QED) is 0.569. The molecule has 3 rings (SSSR count). The van der Waals surface area contributed by atoms with Crippen molar-refractivity contribution < 1.29 is 22.3 Å². The number of benzene rings is 3. The first-order valence-electron chi connectivity index (χ1n) is 8.78. The third-order valence-corrected chi connectivity index (χ3v) is 5.43. The van der Waals surface area contributed by atoms with E-state index in [1.54, 1.807) is 24.3 Å². The molecule has 1 amide bonds. The van der Waals surface area contributed by atoms with Gasteiger partial charge in [0, 0.05) is 5.69 Å². The zero-order valence-corrected chi connectivity index (χ0v) is 17.5. The smallest absolute Gasteiger partial charge is 0.245 e. The Morgan fingerprint density at radius 2 is 1.67 bits per heavy atom. The Morgan fingerprint density at radius 1 is 1.03 bits per heavy atom. The second-order valence-corrected chi connectivity index (χ2v) is 8.67. The number of anilines is 2. The van der Waals surface area contributed by atoms with Crippen LogP contribution in [0.2, 0.25) is 5.02 Å². The van der Waals surface area contributed by atoms with Crippen LogP contribution in [-0.4, -0.2) is 27.1 Å². The number of para-hydroxylation sites is 1. The standard InChI is InChI=1S/C21H18ClFN2O4S/c1-30(27,28)25(16-9-12-20(23)19(22)13-16)14-21(26)24-15-7-10-18(11-8-15)29-17-5-3-2-4-6-17/h2-13H,14H2,1H3,(H,24,26). The van der Waals surface area contributed by atoms with Gasteiger partial charge in [-0.1, -0.05) is 29.8 Å². The van der Waals surface area contributed by atoms with Gasteiger partial charge in [0.25, 0.3) is 0 Å².